The fourth-order valence-electron chi connectivity index (χ4n) is 3.54. The fourth-order valence-corrected chi connectivity index (χ4v) is 4.90. The number of aromatic nitrogens is 3. The number of benzene rings is 2. The predicted molar refractivity (Wildman–Crippen MR) is 122 cm³/mol. The van der Waals surface area contributed by atoms with Crippen LogP contribution in [0.1, 0.15) is 11.1 Å². The molecule has 0 spiro atoms. The van der Waals surface area contributed by atoms with Gasteiger partial charge in [0.1, 0.15) is 4.53 Å². The van der Waals surface area contributed by atoms with Gasteiger partial charge in [0.15, 0.2) is 5.82 Å². The zero-order valence-electron chi connectivity index (χ0n) is 15.9. The van der Waals surface area contributed by atoms with E-state index in [0.717, 1.165) is 26.9 Å². The minimum Gasteiger partial charge on any atom is -0.304 e. The molecule has 0 saturated heterocycles. The average molecular weight is 479 g/mol. The van der Waals surface area contributed by atoms with E-state index in [-0.39, 0.29) is 11.5 Å². The Labute approximate surface area is 183 Å². The summed E-state index contributed by atoms with van der Waals surface area (Å²) < 4.78 is 2.46. The van der Waals surface area contributed by atoms with Crippen molar-refractivity contribution >= 4 is 49.4 Å². The van der Waals surface area contributed by atoms with Crippen LogP contribution in [0.2, 0.25) is 0 Å². The van der Waals surface area contributed by atoms with Crippen molar-refractivity contribution in [1.29, 1.82) is 0 Å². The van der Waals surface area contributed by atoms with Gasteiger partial charge in [0.2, 0.25) is 4.96 Å². The highest BCUT2D eigenvalue weighted by Crippen LogP contribution is 2.37. The highest BCUT2D eigenvalue weighted by atomic mass is 79.9. The molecule has 5 rings (SSSR count). The monoisotopic (exact) mass is 478 g/mol. The third-order valence-corrected chi connectivity index (χ3v) is 6.51. The van der Waals surface area contributed by atoms with E-state index in [0.29, 0.717) is 27.4 Å². The second-order valence-corrected chi connectivity index (χ2v) is 8.87. The molecule has 0 saturated carbocycles. The number of amides is 1. The van der Waals surface area contributed by atoms with Crippen LogP contribution in [-0.2, 0) is 4.79 Å². The number of hydrogen-bond acceptors (Lipinski definition) is 5. The predicted octanol–water partition coefficient (Wildman–Crippen LogP) is 3.34. The molecule has 3 heterocycles. The van der Waals surface area contributed by atoms with E-state index < -0.39 is 0 Å². The summed E-state index contributed by atoms with van der Waals surface area (Å²) in [4.78, 5) is 33.0. The first kappa shape index (κ1) is 18.9. The molecule has 1 aliphatic heterocycles. The van der Waals surface area contributed by atoms with Crippen molar-refractivity contribution in [3.05, 3.63) is 85.6 Å². The number of nitrogens with zero attached hydrogens (tertiary/aromatic N) is 4. The number of hydrogen-bond donors (Lipinski definition) is 0. The van der Waals surface area contributed by atoms with E-state index in [1.54, 1.807) is 11.0 Å². The van der Waals surface area contributed by atoms with Gasteiger partial charge in [-0.05, 0) is 25.1 Å². The third-order valence-electron chi connectivity index (χ3n) is 4.98. The van der Waals surface area contributed by atoms with Crippen LogP contribution >= 0.6 is 27.3 Å². The molecule has 0 unspecified atom stereocenters. The summed E-state index contributed by atoms with van der Waals surface area (Å²) in [6.45, 7) is 6.11. The van der Waals surface area contributed by atoms with Crippen LogP contribution in [-0.4, -0.2) is 27.0 Å². The van der Waals surface area contributed by atoms with Gasteiger partial charge in [0.25, 0.3) is 11.5 Å². The van der Waals surface area contributed by atoms with Crippen LogP contribution < -0.4 is 15.0 Å². The van der Waals surface area contributed by atoms with Crippen molar-refractivity contribution in [3.8, 4) is 11.4 Å². The molecule has 2 aromatic carbocycles. The summed E-state index contributed by atoms with van der Waals surface area (Å²) in [7, 11) is 0. The van der Waals surface area contributed by atoms with Gasteiger partial charge in [-0.25, -0.2) is 0 Å². The maximum absolute atomic E-state index is 13.2. The molecular weight excluding hydrogens is 464 g/mol. The van der Waals surface area contributed by atoms with Crippen molar-refractivity contribution in [2.75, 3.05) is 11.4 Å². The molecule has 148 valence electrons. The van der Waals surface area contributed by atoms with Crippen LogP contribution in [0.25, 0.3) is 21.9 Å². The van der Waals surface area contributed by atoms with Gasteiger partial charge in [0.05, 0.1) is 11.3 Å². The molecule has 0 atom stereocenters. The number of rotatable bonds is 3. The molecule has 6 nitrogen and oxygen atoms in total. The van der Waals surface area contributed by atoms with Gasteiger partial charge >= 0.3 is 0 Å². The molecule has 4 aromatic rings. The summed E-state index contributed by atoms with van der Waals surface area (Å²) in [6, 6.07) is 13.4. The normalized spacial score (nSPS) is 15.1. The van der Waals surface area contributed by atoms with E-state index in [2.05, 4.69) is 32.6 Å². The average Bonchev–Trinajstić information content (AvgIpc) is 3.35. The standard InChI is InChI=1S/C22H15BrN4O2S/c1-3-10-26-16-9-8-14(23)11-15(16)17(20(26)28)18-21(29)27-22(30-18)24-19(25-27)13-6-4-12(2)5-7-13/h3-9,11H,1,10H2,2H3/b18-17-. The Kier molecular flexibility index (Phi) is 4.41. The maximum Gasteiger partial charge on any atom is 0.291 e. The van der Waals surface area contributed by atoms with Gasteiger partial charge in [0, 0.05) is 22.1 Å². The summed E-state index contributed by atoms with van der Waals surface area (Å²) in [5.74, 6) is 0.271. The Bertz CT molecular complexity index is 1450. The SMILES string of the molecule is C=CCN1C(=O)/C(=c2\sc3nc(-c4ccc(C)cc4)nn3c2=O)c2cc(Br)ccc21. The van der Waals surface area contributed by atoms with Gasteiger partial charge in [-0.1, -0.05) is 63.2 Å². The number of thiazole rings is 1. The third kappa shape index (κ3) is 2.83. The largest absolute Gasteiger partial charge is 0.304 e. The van der Waals surface area contributed by atoms with E-state index in [1.807, 2.05) is 49.4 Å². The summed E-state index contributed by atoms with van der Waals surface area (Å²) in [5.41, 5.74) is 3.50. The van der Waals surface area contributed by atoms with Crippen molar-refractivity contribution in [2.24, 2.45) is 0 Å². The zero-order valence-corrected chi connectivity index (χ0v) is 18.3. The Morgan fingerprint density at radius 1 is 1.17 bits per heavy atom. The Morgan fingerprint density at radius 3 is 2.63 bits per heavy atom. The summed E-state index contributed by atoms with van der Waals surface area (Å²) in [5, 5.41) is 4.40. The molecule has 1 aliphatic rings. The topological polar surface area (TPSA) is 67.6 Å². The minimum absolute atomic E-state index is 0.219. The first-order valence-electron chi connectivity index (χ1n) is 9.21. The molecule has 0 radical (unpaired) electrons. The zero-order chi connectivity index (χ0) is 21.0. The number of carbonyl (C=O) groups excluding carboxylic acids is 1. The molecule has 0 fully saturated rings. The van der Waals surface area contributed by atoms with Crippen molar-refractivity contribution in [1.82, 2.24) is 14.6 Å². The van der Waals surface area contributed by atoms with Gasteiger partial charge < -0.3 is 4.90 Å². The molecule has 8 heteroatoms. The molecule has 30 heavy (non-hydrogen) atoms. The second-order valence-electron chi connectivity index (χ2n) is 6.97. The summed E-state index contributed by atoms with van der Waals surface area (Å²) in [6.07, 6.45) is 1.67. The number of aryl methyl sites for hydroxylation is 1. The summed E-state index contributed by atoms with van der Waals surface area (Å²) >= 11 is 4.65. The number of halogens is 1. The second kappa shape index (κ2) is 7.00. The van der Waals surface area contributed by atoms with E-state index >= 15 is 0 Å². The lowest BCUT2D eigenvalue weighted by atomic mass is 10.1. The highest BCUT2D eigenvalue weighted by Gasteiger charge is 2.34. The van der Waals surface area contributed by atoms with Crippen LogP contribution in [0.3, 0.4) is 0 Å². The highest BCUT2D eigenvalue weighted by molar-refractivity contribution is 9.10. The Balaban J connectivity index is 1.73. The van der Waals surface area contributed by atoms with Crippen LogP contribution in [0.5, 0.6) is 0 Å². The number of fused-ring (bicyclic) bond motifs is 2. The quantitative estimate of drug-likeness (QED) is 0.423. The molecule has 0 N–H and O–H groups in total. The van der Waals surface area contributed by atoms with Crippen LogP contribution in [0.15, 0.2) is 64.4 Å². The molecule has 0 aliphatic carbocycles. The van der Waals surface area contributed by atoms with Crippen molar-refractivity contribution < 1.29 is 4.79 Å². The lowest BCUT2D eigenvalue weighted by Gasteiger charge is -2.14. The lowest BCUT2D eigenvalue weighted by molar-refractivity contribution is -0.112. The number of anilines is 1. The van der Waals surface area contributed by atoms with E-state index in [4.69, 9.17) is 0 Å². The lowest BCUT2D eigenvalue weighted by Crippen LogP contribution is -2.32. The number of carbonyl (C=O) groups is 1. The molecule has 0 bridgehead atoms. The van der Waals surface area contributed by atoms with Crippen LogP contribution in [0.4, 0.5) is 5.69 Å². The molecular formula is C22H15BrN4O2S. The van der Waals surface area contributed by atoms with Gasteiger partial charge in [-0.15, -0.1) is 11.7 Å². The first-order valence-corrected chi connectivity index (χ1v) is 10.8. The fraction of sp³-hybridized carbons (Fsp3) is 0.0909. The maximum atomic E-state index is 13.2. The Morgan fingerprint density at radius 2 is 1.93 bits per heavy atom. The molecule has 2 aromatic heterocycles. The van der Waals surface area contributed by atoms with Gasteiger partial charge in [-0.2, -0.15) is 9.50 Å². The molecule has 1 amide bonds. The Hall–Kier alpha value is -3.10. The first-order chi connectivity index (χ1) is 14.5. The van der Waals surface area contributed by atoms with Gasteiger partial charge in [-0.3, -0.25) is 9.59 Å². The van der Waals surface area contributed by atoms with E-state index in [1.165, 1.54) is 15.9 Å². The van der Waals surface area contributed by atoms with Crippen molar-refractivity contribution in [3.63, 3.8) is 0 Å². The smallest absolute Gasteiger partial charge is 0.291 e. The van der Waals surface area contributed by atoms with Crippen molar-refractivity contribution in [2.45, 2.75) is 6.92 Å². The minimum atomic E-state index is -0.337. The van der Waals surface area contributed by atoms with Crippen LogP contribution in [0, 0.1) is 6.92 Å². The van der Waals surface area contributed by atoms with E-state index in [9.17, 15) is 9.59 Å².